The molecular weight excluding hydrogens is 238 g/mol. The fourth-order valence-electron chi connectivity index (χ4n) is 2.85. The van der Waals surface area contributed by atoms with Crippen molar-refractivity contribution in [1.29, 1.82) is 0 Å². The van der Waals surface area contributed by atoms with Crippen LogP contribution in [-0.4, -0.2) is 49.6 Å². The summed E-state index contributed by atoms with van der Waals surface area (Å²) in [5.41, 5.74) is 0. The molecule has 2 atom stereocenters. The van der Waals surface area contributed by atoms with Gasteiger partial charge in [0.1, 0.15) is 0 Å². The van der Waals surface area contributed by atoms with Gasteiger partial charge >= 0.3 is 0 Å². The molecule has 1 aliphatic rings. The summed E-state index contributed by atoms with van der Waals surface area (Å²) >= 11 is 0. The van der Waals surface area contributed by atoms with Crippen LogP contribution in [0.1, 0.15) is 52.4 Å². The van der Waals surface area contributed by atoms with Crippen molar-refractivity contribution in [2.24, 2.45) is 0 Å². The zero-order chi connectivity index (χ0) is 14.1. The zero-order valence-corrected chi connectivity index (χ0v) is 12.9. The van der Waals surface area contributed by atoms with Gasteiger partial charge in [-0.15, -0.1) is 0 Å². The number of likely N-dealkylation sites (tertiary alicyclic amines) is 1. The average Bonchev–Trinajstić information content (AvgIpc) is 2.77. The molecule has 1 rings (SSSR count). The SMILES string of the molecule is CCCCCC(C)NC(=O)CN1CCCC1CNC. The lowest BCUT2D eigenvalue weighted by Gasteiger charge is -2.24. The Morgan fingerprint density at radius 3 is 2.89 bits per heavy atom. The Morgan fingerprint density at radius 1 is 1.42 bits per heavy atom. The summed E-state index contributed by atoms with van der Waals surface area (Å²) in [6.45, 7) is 6.93. The van der Waals surface area contributed by atoms with Gasteiger partial charge in [0, 0.05) is 18.6 Å². The minimum absolute atomic E-state index is 0.187. The number of unbranched alkanes of at least 4 members (excludes halogenated alkanes) is 2. The summed E-state index contributed by atoms with van der Waals surface area (Å²) in [6, 6.07) is 0.843. The molecule has 0 aromatic carbocycles. The van der Waals surface area contributed by atoms with Crippen LogP contribution in [0.2, 0.25) is 0 Å². The summed E-state index contributed by atoms with van der Waals surface area (Å²) in [7, 11) is 1.98. The van der Waals surface area contributed by atoms with E-state index in [0.29, 0.717) is 18.6 Å². The van der Waals surface area contributed by atoms with E-state index < -0.39 is 0 Å². The van der Waals surface area contributed by atoms with Gasteiger partial charge in [0.15, 0.2) is 0 Å². The molecule has 2 N–H and O–H groups in total. The van der Waals surface area contributed by atoms with Gasteiger partial charge in [-0.2, -0.15) is 0 Å². The van der Waals surface area contributed by atoms with Crippen LogP contribution in [0.25, 0.3) is 0 Å². The van der Waals surface area contributed by atoms with Crippen molar-refractivity contribution >= 4 is 5.91 Å². The summed E-state index contributed by atoms with van der Waals surface area (Å²) in [4.78, 5) is 14.3. The van der Waals surface area contributed by atoms with Gasteiger partial charge in [0.05, 0.1) is 6.54 Å². The van der Waals surface area contributed by atoms with Crippen LogP contribution in [-0.2, 0) is 4.79 Å². The number of rotatable bonds is 9. The molecule has 0 aromatic heterocycles. The van der Waals surface area contributed by atoms with E-state index in [-0.39, 0.29) is 5.91 Å². The minimum Gasteiger partial charge on any atom is -0.353 e. The molecule has 112 valence electrons. The zero-order valence-electron chi connectivity index (χ0n) is 12.9. The van der Waals surface area contributed by atoms with Crippen LogP contribution in [0, 0.1) is 0 Å². The molecule has 1 saturated heterocycles. The Labute approximate surface area is 118 Å². The summed E-state index contributed by atoms with van der Waals surface area (Å²) in [6.07, 6.45) is 7.23. The molecule has 19 heavy (non-hydrogen) atoms. The van der Waals surface area contributed by atoms with Crippen molar-refractivity contribution < 1.29 is 4.79 Å². The van der Waals surface area contributed by atoms with Crippen LogP contribution < -0.4 is 10.6 Å². The van der Waals surface area contributed by atoms with Crippen LogP contribution in [0.15, 0.2) is 0 Å². The van der Waals surface area contributed by atoms with E-state index in [0.717, 1.165) is 19.5 Å². The predicted octanol–water partition coefficient (Wildman–Crippen LogP) is 1.76. The van der Waals surface area contributed by atoms with E-state index in [1.165, 1.54) is 32.1 Å². The third-order valence-electron chi connectivity index (χ3n) is 3.93. The second-order valence-electron chi connectivity index (χ2n) is 5.79. The van der Waals surface area contributed by atoms with E-state index in [2.05, 4.69) is 29.4 Å². The number of hydrogen-bond acceptors (Lipinski definition) is 3. The fourth-order valence-corrected chi connectivity index (χ4v) is 2.85. The first-order chi connectivity index (χ1) is 9.17. The van der Waals surface area contributed by atoms with Crippen LogP contribution in [0.4, 0.5) is 0 Å². The Morgan fingerprint density at radius 2 is 2.21 bits per heavy atom. The Hall–Kier alpha value is -0.610. The standard InChI is InChI=1S/C15H31N3O/c1-4-5-6-8-13(2)17-15(19)12-18-10-7-9-14(18)11-16-3/h13-14,16H,4-12H2,1-3H3,(H,17,19). The average molecular weight is 269 g/mol. The monoisotopic (exact) mass is 269 g/mol. The summed E-state index contributed by atoms with van der Waals surface area (Å²) < 4.78 is 0. The fraction of sp³-hybridized carbons (Fsp3) is 0.933. The molecule has 0 saturated carbocycles. The first-order valence-electron chi connectivity index (χ1n) is 7.85. The maximum atomic E-state index is 12.0. The van der Waals surface area contributed by atoms with Gasteiger partial charge < -0.3 is 10.6 Å². The van der Waals surface area contributed by atoms with Gasteiger partial charge in [0.25, 0.3) is 0 Å². The quantitative estimate of drug-likeness (QED) is 0.627. The number of amides is 1. The molecule has 0 radical (unpaired) electrons. The van der Waals surface area contributed by atoms with Crippen molar-refractivity contribution in [2.75, 3.05) is 26.7 Å². The third-order valence-corrected chi connectivity index (χ3v) is 3.93. The van der Waals surface area contributed by atoms with Gasteiger partial charge in [-0.25, -0.2) is 0 Å². The first kappa shape index (κ1) is 16.4. The second-order valence-corrected chi connectivity index (χ2v) is 5.79. The van der Waals surface area contributed by atoms with Gasteiger partial charge in [0.2, 0.25) is 5.91 Å². The molecule has 1 heterocycles. The van der Waals surface area contributed by atoms with Gasteiger partial charge in [-0.3, -0.25) is 9.69 Å². The van der Waals surface area contributed by atoms with Crippen LogP contribution in [0.5, 0.6) is 0 Å². The molecule has 4 nitrogen and oxygen atoms in total. The normalized spacial score (nSPS) is 21.5. The Balaban J connectivity index is 2.22. The number of hydrogen-bond donors (Lipinski definition) is 2. The van der Waals surface area contributed by atoms with Crippen molar-refractivity contribution in [3.05, 3.63) is 0 Å². The first-order valence-corrected chi connectivity index (χ1v) is 7.85. The number of carbonyl (C=O) groups excluding carboxylic acids is 1. The molecule has 0 aromatic rings. The van der Waals surface area contributed by atoms with E-state index in [1.54, 1.807) is 0 Å². The molecule has 0 bridgehead atoms. The highest BCUT2D eigenvalue weighted by Crippen LogP contribution is 2.15. The molecule has 4 heteroatoms. The van der Waals surface area contributed by atoms with E-state index in [9.17, 15) is 4.79 Å². The molecule has 1 amide bonds. The number of likely N-dealkylation sites (N-methyl/N-ethyl adjacent to an activating group) is 1. The maximum absolute atomic E-state index is 12.0. The predicted molar refractivity (Wildman–Crippen MR) is 80.3 cm³/mol. The van der Waals surface area contributed by atoms with Crippen molar-refractivity contribution in [2.45, 2.75) is 64.5 Å². The lowest BCUT2D eigenvalue weighted by atomic mass is 10.1. The third kappa shape index (κ3) is 6.39. The lowest BCUT2D eigenvalue weighted by Crippen LogP contribution is -2.45. The highest BCUT2D eigenvalue weighted by Gasteiger charge is 2.25. The van der Waals surface area contributed by atoms with E-state index in [4.69, 9.17) is 0 Å². The van der Waals surface area contributed by atoms with E-state index in [1.807, 2.05) is 7.05 Å². The molecule has 0 aliphatic carbocycles. The van der Waals surface area contributed by atoms with Crippen LogP contribution in [0.3, 0.4) is 0 Å². The summed E-state index contributed by atoms with van der Waals surface area (Å²) in [5.74, 6) is 0.187. The Bertz CT molecular complexity index is 258. The molecule has 1 fully saturated rings. The maximum Gasteiger partial charge on any atom is 0.234 e. The van der Waals surface area contributed by atoms with Gasteiger partial charge in [-0.05, 0) is 39.8 Å². The second kappa shape index (κ2) is 9.32. The highest BCUT2D eigenvalue weighted by atomic mass is 16.2. The lowest BCUT2D eigenvalue weighted by molar-refractivity contribution is -0.123. The molecule has 0 spiro atoms. The van der Waals surface area contributed by atoms with E-state index >= 15 is 0 Å². The smallest absolute Gasteiger partial charge is 0.234 e. The topological polar surface area (TPSA) is 44.4 Å². The summed E-state index contributed by atoms with van der Waals surface area (Å²) in [5, 5.41) is 6.34. The van der Waals surface area contributed by atoms with Crippen molar-refractivity contribution in [3.63, 3.8) is 0 Å². The largest absolute Gasteiger partial charge is 0.353 e. The number of carbonyl (C=O) groups is 1. The number of nitrogens with one attached hydrogen (secondary N) is 2. The molecule has 1 aliphatic heterocycles. The van der Waals surface area contributed by atoms with Crippen molar-refractivity contribution in [1.82, 2.24) is 15.5 Å². The van der Waals surface area contributed by atoms with Crippen LogP contribution >= 0.6 is 0 Å². The highest BCUT2D eigenvalue weighted by molar-refractivity contribution is 5.78. The van der Waals surface area contributed by atoms with Gasteiger partial charge in [-0.1, -0.05) is 26.2 Å². The Kier molecular flexibility index (Phi) is 8.07. The van der Waals surface area contributed by atoms with Crippen molar-refractivity contribution in [3.8, 4) is 0 Å². The minimum atomic E-state index is 0.187. The molecular formula is C15H31N3O. The molecule has 2 unspecified atom stereocenters. The number of nitrogens with zero attached hydrogens (tertiary/aromatic N) is 1.